The van der Waals surface area contributed by atoms with Crippen LogP contribution in [0.3, 0.4) is 0 Å². The van der Waals surface area contributed by atoms with E-state index in [1.54, 1.807) is 0 Å². The number of aromatic nitrogens is 1. The number of halogens is 1. The van der Waals surface area contributed by atoms with Crippen molar-refractivity contribution in [3.8, 4) is 0 Å². The monoisotopic (exact) mass is 469 g/mol. The summed E-state index contributed by atoms with van der Waals surface area (Å²) in [6.45, 7) is 8.37. The van der Waals surface area contributed by atoms with E-state index in [0.717, 1.165) is 62.3 Å². The van der Waals surface area contributed by atoms with Gasteiger partial charge in [0.25, 0.3) is 5.91 Å². The molecule has 4 aromatic rings. The summed E-state index contributed by atoms with van der Waals surface area (Å²) in [7, 11) is 0. The zero-order valence-electron chi connectivity index (χ0n) is 20.5. The van der Waals surface area contributed by atoms with Crippen LogP contribution in [0, 0.1) is 19.7 Å². The molecule has 4 nitrogen and oxygen atoms in total. The molecule has 0 radical (unpaired) electrons. The zero-order chi connectivity index (χ0) is 24.4. The molecule has 0 saturated carbocycles. The largest absolute Gasteiger partial charge is 0.358 e. The van der Waals surface area contributed by atoms with Crippen LogP contribution in [-0.2, 0) is 12.8 Å². The lowest BCUT2D eigenvalue weighted by Crippen LogP contribution is -2.49. The average molecular weight is 470 g/mol. The third-order valence-corrected chi connectivity index (χ3v) is 7.24. The number of nitrogens with zero attached hydrogens (tertiary/aromatic N) is 2. The number of rotatable bonds is 6. The minimum atomic E-state index is -0.197. The first-order valence-electron chi connectivity index (χ1n) is 12.4. The standard InChI is InChI=1S/C30H32FN3O/c1-21-22(2)32-29-11-8-25(20-28(21)29)18-24-4-3-5-26(19-24)30(35)34-16-14-33(15-17-34)13-12-23-6-9-27(31)10-7-23/h3-11,19-20,32H,12-18H2,1-2H3. The summed E-state index contributed by atoms with van der Waals surface area (Å²) in [4.78, 5) is 21.0. The Kier molecular flexibility index (Phi) is 6.69. The molecule has 5 rings (SSSR count). The second-order valence-corrected chi connectivity index (χ2v) is 9.64. The molecule has 1 amide bonds. The predicted octanol–water partition coefficient (Wildman–Crippen LogP) is 5.52. The van der Waals surface area contributed by atoms with Crippen LogP contribution in [-0.4, -0.2) is 53.4 Å². The molecule has 180 valence electrons. The molecular weight excluding hydrogens is 437 g/mol. The van der Waals surface area contributed by atoms with Crippen molar-refractivity contribution >= 4 is 16.8 Å². The summed E-state index contributed by atoms with van der Waals surface area (Å²) >= 11 is 0. The van der Waals surface area contributed by atoms with Gasteiger partial charge in [0, 0.05) is 54.9 Å². The number of hydrogen-bond acceptors (Lipinski definition) is 2. The smallest absolute Gasteiger partial charge is 0.253 e. The van der Waals surface area contributed by atoms with E-state index in [9.17, 15) is 9.18 Å². The number of amides is 1. The van der Waals surface area contributed by atoms with Gasteiger partial charge in [0.2, 0.25) is 0 Å². The van der Waals surface area contributed by atoms with Crippen molar-refractivity contribution in [3.05, 3.63) is 106 Å². The highest BCUT2D eigenvalue weighted by Gasteiger charge is 2.22. The molecule has 1 aliphatic rings. The second-order valence-electron chi connectivity index (χ2n) is 9.64. The molecular formula is C30H32FN3O. The Labute approximate surface area is 206 Å². The third-order valence-electron chi connectivity index (χ3n) is 7.24. The van der Waals surface area contributed by atoms with Crippen molar-refractivity contribution in [2.75, 3.05) is 32.7 Å². The maximum atomic E-state index is 13.2. The Bertz CT molecular complexity index is 1330. The number of carbonyl (C=O) groups excluding carboxylic acids is 1. The van der Waals surface area contributed by atoms with Gasteiger partial charge in [0.05, 0.1) is 0 Å². The molecule has 0 unspecified atom stereocenters. The van der Waals surface area contributed by atoms with Gasteiger partial charge in [-0.05, 0) is 85.3 Å². The molecule has 1 aromatic heterocycles. The van der Waals surface area contributed by atoms with E-state index < -0.39 is 0 Å². The molecule has 2 heterocycles. The summed E-state index contributed by atoms with van der Waals surface area (Å²) < 4.78 is 13.1. The quantitative estimate of drug-likeness (QED) is 0.404. The molecule has 1 saturated heterocycles. The van der Waals surface area contributed by atoms with Crippen molar-refractivity contribution in [2.24, 2.45) is 0 Å². The van der Waals surface area contributed by atoms with Gasteiger partial charge in [-0.25, -0.2) is 4.39 Å². The van der Waals surface area contributed by atoms with E-state index in [1.807, 2.05) is 35.2 Å². The van der Waals surface area contributed by atoms with Gasteiger partial charge >= 0.3 is 0 Å². The molecule has 0 atom stereocenters. The first kappa shape index (κ1) is 23.3. The Hall–Kier alpha value is -3.44. The van der Waals surface area contributed by atoms with E-state index in [-0.39, 0.29) is 11.7 Å². The van der Waals surface area contributed by atoms with E-state index in [4.69, 9.17) is 0 Å². The number of nitrogens with one attached hydrogen (secondary N) is 1. The lowest BCUT2D eigenvalue weighted by atomic mass is 10.0. The van der Waals surface area contributed by atoms with Gasteiger partial charge in [-0.15, -0.1) is 0 Å². The van der Waals surface area contributed by atoms with Gasteiger partial charge < -0.3 is 9.88 Å². The van der Waals surface area contributed by atoms with Crippen LogP contribution >= 0.6 is 0 Å². The Morgan fingerprint density at radius 3 is 2.37 bits per heavy atom. The number of hydrogen-bond donors (Lipinski definition) is 1. The predicted molar refractivity (Wildman–Crippen MR) is 139 cm³/mol. The number of fused-ring (bicyclic) bond motifs is 1. The van der Waals surface area contributed by atoms with E-state index in [1.165, 1.54) is 39.9 Å². The van der Waals surface area contributed by atoms with Crippen LogP contribution in [0.25, 0.3) is 10.9 Å². The number of aromatic amines is 1. The number of aryl methyl sites for hydroxylation is 2. The van der Waals surface area contributed by atoms with Gasteiger partial charge in [-0.1, -0.05) is 30.3 Å². The fourth-order valence-corrected chi connectivity index (χ4v) is 4.96. The van der Waals surface area contributed by atoms with E-state index >= 15 is 0 Å². The van der Waals surface area contributed by atoms with Crippen molar-refractivity contribution in [1.29, 1.82) is 0 Å². The molecule has 1 N–H and O–H groups in total. The van der Waals surface area contributed by atoms with Gasteiger partial charge in [-0.3, -0.25) is 9.69 Å². The van der Waals surface area contributed by atoms with E-state index in [2.05, 4.69) is 48.0 Å². The average Bonchev–Trinajstić information content (AvgIpc) is 3.16. The van der Waals surface area contributed by atoms with Crippen LogP contribution in [0.15, 0.2) is 66.7 Å². The summed E-state index contributed by atoms with van der Waals surface area (Å²) in [5.41, 5.74) is 7.98. The van der Waals surface area contributed by atoms with Gasteiger partial charge in [-0.2, -0.15) is 0 Å². The fourth-order valence-electron chi connectivity index (χ4n) is 4.96. The maximum Gasteiger partial charge on any atom is 0.253 e. The highest BCUT2D eigenvalue weighted by molar-refractivity contribution is 5.94. The molecule has 1 fully saturated rings. The van der Waals surface area contributed by atoms with Gasteiger partial charge in [0.1, 0.15) is 5.82 Å². The second kappa shape index (κ2) is 10.0. The van der Waals surface area contributed by atoms with Crippen molar-refractivity contribution < 1.29 is 9.18 Å². The highest BCUT2D eigenvalue weighted by Crippen LogP contribution is 2.24. The van der Waals surface area contributed by atoms with Crippen molar-refractivity contribution in [3.63, 3.8) is 0 Å². The number of H-pyrrole nitrogens is 1. The number of carbonyl (C=O) groups is 1. The Morgan fingerprint density at radius 2 is 1.60 bits per heavy atom. The molecule has 0 bridgehead atoms. The molecule has 35 heavy (non-hydrogen) atoms. The van der Waals surface area contributed by atoms with Crippen LogP contribution in [0.2, 0.25) is 0 Å². The van der Waals surface area contributed by atoms with Crippen molar-refractivity contribution in [2.45, 2.75) is 26.7 Å². The first-order chi connectivity index (χ1) is 17.0. The summed E-state index contributed by atoms with van der Waals surface area (Å²) in [6, 6.07) is 21.4. The lowest BCUT2D eigenvalue weighted by molar-refractivity contribution is 0.0638. The topological polar surface area (TPSA) is 39.3 Å². The first-order valence-corrected chi connectivity index (χ1v) is 12.4. The third kappa shape index (κ3) is 5.30. The van der Waals surface area contributed by atoms with Crippen LogP contribution in [0.5, 0.6) is 0 Å². The van der Waals surface area contributed by atoms with Crippen molar-refractivity contribution in [1.82, 2.24) is 14.8 Å². The molecule has 0 aliphatic carbocycles. The summed E-state index contributed by atoms with van der Waals surface area (Å²) in [5, 5.41) is 1.27. The summed E-state index contributed by atoms with van der Waals surface area (Å²) in [5.74, 6) is -0.0885. The zero-order valence-corrected chi connectivity index (χ0v) is 20.5. The SMILES string of the molecule is Cc1[nH]c2ccc(Cc3cccc(C(=O)N4CCN(CCc5ccc(F)cc5)CC4)c3)cc2c1C. The van der Waals surface area contributed by atoms with Crippen LogP contribution in [0.1, 0.15) is 38.3 Å². The molecule has 1 aliphatic heterocycles. The van der Waals surface area contributed by atoms with Crippen LogP contribution in [0.4, 0.5) is 4.39 Å². The minimum Gasteiger partial charge on any atom is -0.358 e. The molecule has 3 aromatic carbocycles. The highest BCUT2D eigenvalue weighted by atomic mass is 19.1. The molecule has 5 heteroatoms. The minimum absolute atomic E-state index is 0.109. The van der Waals surface area contributed by atoms with Crippen LogP contribution < -0.4 is 0 Å². The number of benzene rings is 3. The van der Waals surface area contributed by atoms with Gasteiger partial charge in [0.15, 0.2) is 0 Å². The summed E-state index contributed by atoms with van der Waals surface area (Å²) in [6.07, 6.45) is 1.70. The fraction of sp³-hybridized carbons (Fsp3) is 0.300. The number of piperazine rings is 1. The lowest BCUT2D eigenvalue weighted by Gasteiger charge is -2.34. The normalized spacial score (nSPS) is 14.5. The molecule has 0 spiro atoms. The Morgan fingerprint density at radius 1 is 0.886 bits per heavy atom. The Balaban J connectivity index is 1.18. The maximum absolute atomic E-state index is 13.2. The van der Waals surface area contributed by atoms with E-state index in [0.29, 0.717) is 0 Å².